The molecule has 162 valence electrons. The van der Waals surface area contributed by atoms with Crippen molar-refractivity contribution in [3.63, 3.8) is 0 Å². The third kappa shape index (κ3) is 4.40. The Morgan fingerprint density at radius 1 is 0.900 bits per heavy atom. The van der Waals surface area contributed by atoms with Crippen LogP contribution in [0.1, 0.15) is 10.4 Å². The summed E-state index contributed by atoms with van der Waals surface area (Å²) in [6.45, 7) is 0.897. The molecule has 0 saturated carbocycles. The summed E-state index contributed by atoms with van der Waals surface area (Å²) >= 11 is 3.40. The Morgan fingerprint density at radius 3 is 2.10 bits per heavy atom. The van der Waals surface area contributed by atoms with Crippen LogP contribution in [0.3, 0.4) is 0 Å². The van der Waals surface area contributed by atoms with Gasteiger partial charge in [-0.25, -0.2) is 8.42 Å². The number of hydrogen-bond acceptors (Lipinski definition) is 6. The first-order valence-corrected chi connectivity index (χ1v) is 11.4. The van der Waals surface area contributed by atoms with Crippen LogP contribution in [0.25, 0.3) is 0 Å². The molecule has 0 unspecified atom stereocenters. The molecule has 1 fully saturated rings. The number of carbonyl (C=O) groups is 1. The van der Waals surface area contributed by atoms with Crippen LogP contribution in [0.4, 0.5) is 0 Å². The van der Waals surface area contributed by atoms with Crippen molar-refractivity contribution < 1.29 is 27.4 Å². The van der Waals surface area contributed by atoms with Crippen molar-refractivity contribution in [2.45, 2.75) is 4.90 Å². The molecule has 2 aromatic rings. The molecule has 2 aromatic carbocycles. The number of rotatable bonds is 6. The van der Waals surface area contributed by atoms with Crippen molar-refractivity contribution in [2.75, 3.05) is 47.5 Å². The predicted octanol–water partition coefficient (Wildman–Crippen LogP) is 2.62. The summed E-state index contributed by atoms with van der Waals surface area (Å²) in [6, 6.07) is 9.82. The van der Waals surface area contributed by atoms with Crippen LogP contribution in [-0.2, 0) is 10.0 Å². The molecule has 0 spiro atoms. The van der Waals surface area contributed by atoms with E-state index in [4.69, 9.17) is 14.2 Å². The topological polar surface area (TPSA) is 85.4 Å². The number of nitrogens with zero attached hydrogens (tertiary/aromatic N) is 2. The zero-order valence-corrected chi connectivity index (χ0v) is 19.3. The number of carbonyl (C=O) groups excluding carboxylic acids is 1. The molecule has 10 heteroatoms. The minimum atomic E-state index is -3.81. The molecule has 0 aliphatic carbocycles. The lowest BCUT2D eigenvalue weighted by atomic mass is 10.1. The Bertz CT molecular complexity index is 1040. The predicted molar refractivity (Wildman–Crippen MR) is 115 cm³/mol. The maximum Gasteiger partial charge on any atom is 0.255 e. The lowest BCUT2D eigenvalue weighted by Gasteiger charge is -2.34. The van der Waals surface area contributed by atoms with Gasteiger partial charge in [0.15, 0.2) is 0 Å². The number of ether oxygens (including phenoxy) is 3. The van der Waals surface area contributed by atoms with Gasteiger partial charge in [0.1, 0.15) is 22.1 Å². The van der Waals surface area contributed by atoms with E-state index in [1.165, 1.54) is 31.7 Å². The van der Waals surface area contributed by atoms with Gasteiger partial charge >= 0.3 is 0 Å². The number of methoxy groups -OCH3 is 3. The Kier molecular flexibility index (Phi) is 6.89. The van der Waals surface area contributed by atoms with Gasteiger partial charge in [0.25, 0.3) is 5.91 Å². The number of amides is 1. The average molecular weight is 499 g/mol. The standard InChI is InChI=1S/C20H23BrN2O6S/c1-27-14-4-6-17(21)16(12-14)20(24)22-8-10-23(11-9-22)30(25,26)19-13-15(28-2)5-7-18(19)29-3/h4-7,12-13H,8-11H2,1-3H3. The normalized spacial score (nSPS) is 15.0. The van der Waals surface area contributed by atoms with Crippen LogP contribution in [0.5, 0.6) is 17.2 Å². The van der Waals surface area contributed by atoms with Crippen molar-refractivity contribution in [1.82, 2.24) is 9.21 Å². The quantitative estimate of drug-likeness (QED) is 0.608. The van der Waals surface area contributed by atoms with Crippen LogP contribution in [-0.4, -0.2) is 71.0 Å². The van der Waals surface area contributed by atoms with Crippen molar-refractivity contribution >= 4 is 31.9 Å². The second kappa shape index (κ2) is 9.23. The van der Waals surface area contributed by atoms with Crippen LogP contribution < -0.4 is 14.2 Å². The molecule has 0 atom stereocenters. The molecular weight excluding hydrogens is 476 g/mol. The summed E-state index contributed by atoms with van der Waals surface area (Å²) in [5, 5.41) is 0. The van der Waals surface area contributed by atoms with Gasteiger partial charge in [-0.1, -0.05) is 0 Å². The fourth-order valence-corrected chi connectivity index (χ4v) is 5.23. The highest BCUT2D eigenvalue weighted by atomic mass is 79.9. The summed E-state index contributed by atoms with van der Waals surface area (Å²) in [4.78, 5) is 14.6. The Morgan fingerprint density at radius 2 is 1.50 bits per heavy atom. The monoisotopic (exact) mass is 498 g/mol. The highest BCUT2D eigenvalue weighted by Gasteiger charge is 2.33. The number of hydrogen-bond donors (Lipinski definition) is 0. The van der Waals surface area contributed by atoms with Gasteiger partial charge in [-0.15, -0.1) is 0 Å². The highest BCUT2D eigenvalue weighted by Crippen LogP contribution is 2.31. The van der Waals surface area contributed by atoms with E-state index in [9.17, 15) is 13.2 Å². The zero-order valence-electron chi connectivity index (χ0n) is 16.9. The molecule has 1 aliphatic heterocycles. The highest BCUT2D eigenvalue weighted by molar-refractivity contribution is 9.10. The van der Waals surface area contributed by atoms with Gasteiger partial charge < -0.3 is 19.1 Å². The summed E-state index contributed by atoms with van der Waals surface area (Å²) in [5.74, 6) is 1.06. The van der Waals surface area contributed by atoms with Crippen LogP contribution in [0.15, 0.2) is 45.8 Å². The van der Waals surface area contributed by atoms with Crippen molar-refractivity contribution in [3.05, 3.63) is 46.4 Å². The largest absolute Gasteiger partial charge is 0.497 e. The van der Waals surface area contributed by atoms with Gasteiger partial charge in [-0.05, 0) is 46.3 Å². The molecular formula is C20H23BrN2O6S. The van der Waals surface area contributed by atoms with Crippen molar-refractivity contribution in [3.8, 4) is 17.2 Å². The van der Waals surface area contributed by atoms with Gasteiger partial charge in [0, 0.05) is 36.7 Å². The summed E-state index contributed by atoms with van der Waals surface area (Å²) in [7, 11) is 0.618. The molecule has 1 amide bonds. The Hall–Kier alpha value is -2.30. The molecule has 8 nitrogen and oxygen atoms in total. The van der Waals surface area contributed by atoms with E-state index in [2.05, 4.69) is 15.9 Å². The summed E-state index contributed by atoms with van der Waals surface area (Å²) < 4.78 is 44.0. The molecule has 1 saturated heterocycles. The maximum atomic E-state index is 13.2. The fourth-order valence-electron chi connectivity index (χ4n) is 3.22. The van der Waals surface area contributed by atoms with Crippen molar-refractivity contribution in [1.29, 1.82) is 0 Å². The molecule has 0 bridgehead atoms. The summed E-state index contributed by atoms with van der Waals surface area (Å²) in [5.41, 5.74) is 0.472. The Balaban J connectivity index is 1.78. The molecule has 1 aliphatic rings. The third-order valence-corrected chi connectivity index (χ3v) is 7.53. The van der Waals surface area contributed by atoms with E-state index in [0.717, 1.165) is 0 Å². The van der Waals surface area contributed by atoms with E-state index >= 15 is 0 Å². The molecule has 3 rings (SSSR count). The van der Waals surface area contributed by atoms with Crippen molar-refractivity contribution in [2.24, 2.45) is 0 Å². The number of sulfonamides is 1. The first kappa shape index (κ1) is 22.4. The SMILES string of the molecule is COc1ccc(Br)c(C(=O)N2CCN(S(=O)(=O)c3cc(OC)ccc3OC)CC2)c1. The first-order chi connectivity index (χ1) is 14.3. The average Bonchev–Trinajstić information content (AvgIpc) is 2.78. The van der Waals surface area contributed by atoms with E-state index in [-0.39, 0.29) is 42.7 Å². The van der Waals surface area contributed by atoms with Crippen LogP contribution in [0.2, 0.25) is 0 Å². The van der Waals surface area contributed by atoms with E-state index in [0.29, 0.717) is 21.5 Å². The van der Waals surface area contributed by atoms with E-state index in [1.807, 2.05) is 0 Å². The molecule has 0 radical (unpaired) electrons. The Labute approximate surface area is 184 Å². The van der Waals surface area contributed by atoms with Gasteiger partial charge in [0.2, 0.25) is 10.0 Å². The van der Waals surface area contributed by atoms with E-state index < -0.39 is 10.0 Å². The second-order valence-electron chi connectivity index (χ2n) is 6.56. The van der Waals surface area contributed by atoms with Gasteiger partial charge in [-0.2, -0.15) is 4.31 Å². The third-order valence-electron chi connectivity index (χ3n) is 4.92. The van der Waals surface area contributed by atoms with Gasteiger partial charge in [-0.3, -0.25) is 4.79 Å². The smallest absolute Gasteiger partial charge is 0.255 e. The lowest BCUT2D eigenvalue weighted by molar-refractivity contribution is 0.0696. The minimum absolute atomic E-state index is 0.0414. The number of benzene rings is 2. The molecule has 0 N–H and O–H groups in total. The minimum Gasteiger partial charge on any atom is -0.497 e. The summed E-state index contributed by atoms with van der Waals surface area (Å²) in [6.07, 6.45) is 0. The second-order valence-corrected chi connectivity index (χ2v) is 9.32. The molecule has 1 heterocycles. The number of halogens is 1. The molecule has 30 heavy (non-hydrogen) atoms. The van der Waals surface area contributed by atoms with E-state index in [1.54, 1.807) is 35.2 Å². The lowest BCUT2D eigenvalue weighted by Crippen LogP contribution is -2.50. The van der Waals surface area contributed by atoms with Gasteiger partial charge in [0.05, 0.1) is 26.9 Å². The fraction of sp³-hybridized carbons (Fsp3) is 0.350. The number of piperazine rings is 1. The van der Waals surface area contributed by atoms with Crippen LogP contribution >= 0.6 is 15.9 Å². The maximum absolute atomic E-state index is 13.2. The first-order valence-electron chi connectivity index (χ1n) is 9.16. The van der Waals surface area contributed by atoms with Crippen LogP contribution in [0, 0.1) is 0 Å². The molecule has 0 aromatic heterocycles. The zero-order chi connectivity index (χ0) is 21.9.